The van der Waals surface area contributed by atoms with Gasteiger partial charge in [-0.15, -0.1) is 0 Å². The lowest BCUT2D eigenvalue weighted by molar-refractivity contribution is 0.0463. The highest BCUT2D eigenvalue weighted by molar-refractivity contribution is 6.29. The Morgan fingerprint density at radius 2 is 1.93 bits per heavy atom. The molecular formula is C20H17ClFN3O2. The van der Waals surface area contributed by atoms with Gasteiger partial charge in [0.25, 0.3) is 0 Å². The van der Waals surface area contributed by atoms with E-state index in [4.69, 9.17) is 16.3 Å². The lowest BCUT2D eigenvalue weighted by Gasteiger charge is -2.14. The van der Waals surface area contributed by atoms with Crippen LogP contribution in [0.25, 0.3) is 5.69 Å². The van der Waals surface area contributed by atoms with E-state index in [-0.39, 0.29) is 12.4 Å². The van der Waals surface area contributed by atoms with E-state index in [1.165, 1.54) is 12.1 Å². The number of pyridine rings is 1. The van der Waals surface area contributed by atoms with Crippen LogP contribution < -0.4 is 0 Å². The van der Waals surface area contributed by atoms with Crippen LogP contribution in [0.15, 0.2) is 42.6 Å². The number of ether oxygens (including phenoxy) is 1. The zero-order valence-electron chi connectivity index (χ0n) is 14.5. The summed E-state index contributed by atoms with van der Waals surface area (Å²) in [7, 11) is 0. The number of esters is 1. The van der Waals surface area contributed by atoms with E-state index in [0.717, 1.165) is 48.2 Å². The monoisotopic (exact) mass is 385 g/mol. The predicted octanol–water partition coefficient (Wildman–Crippen LogP) is 4.30. The minimum absolute atomic E-state index is 0.0984. The van der Waals surface area contributed by atoms with Gasteiger partial charge in [-0.25, -0.2) is 18.9 Å². The van der Waals surface area contributed by atoms with Crippen molar-refractivity contribution in [1.82, 2.24) is 14.8 Å². The highest BCUT2D eigenvalue weighted by Crippen LogP contribution is 2.27. The second-order valence-electron chi connectivity index (χ2n) is 6.43. The molecule has 1 aliphatic rings. The van der Waals surface area contributed by atoms with Gasteiger partial charge in [0.1, 0.15) is 17.6 Å². The number of nitrogens with zero attached hydrogens (tertiary/aromatic N) is 3. The summed E-state index contributed by atoms with van der Waals surface area (Å²) in [5.41, 5.74) is 3.73. The average molecular weight is 386 g/mol. The Hall–Kier alpha value is -2.73. The van der Waals surface area contributed by atoms with Crippen molar-refractivity contribution in [2.75, 3.05) is 0 Å². The van der Waals surface area contributed by atoms with Crippen LogP contribution in [0.2, 0.25) is 5.15 Å². The molecule has 0 saturated carbocycles. The number of aromatic nitrogens is 3. The van der Waals surface area contributed by atoms with Crippen molar-refractivity contribution in [3.63, 3.8) is 0 Å². The largest absolute Gasteiger partial charge is 0.456 e. The second-order valence-corrected chi connectivity index (χ2v) is 6.82. The summed E-state index contributed by atoms with van der Waals surface area (Å²) in [6.45, 7) is 0.0984. The van der Waals surface area contributed by atoms with Crippen molar-refractivity contribution >= 4 is 17.6 Å². The maximum absolute atomic E-state index is 13.2. The molecule has 0 spiro atoms. The van der Waals surface area contributed by atoms with Crippen molar-refractivity contribution in [2.45, 2.75) is 32.3 Å². The fraction of sp³-hybridized carbons (Fsp3) is 0.250. The van der Waals surface area contributed by atoms with E-state index >= 15 is 0 Å². The molecule has 2 aromatic heterocycles. The van der Waals surface area contributed by atoms with Gasteiger partial charge in [-0.2, -0.15) is 5.10 Å². The summed E-state index contributed by atoms with van der Waals surface area (Å²) >= 11 is 5.77. The summed E-state index contributed by atoms with van der Waals surface area (Å²) in [6, 6.07) is 9.50. The van der Waals surface area contributed by atoms with Crippen LogP contribution in [0, 0.1) is 5.82 Å². The molecule has 0 radical (unpaired) electrons. The molecule has 0 fully saturated rings. The van der Waals surface area contributed by atoms with Gasteiger partial charge in [-0.05, 0) is 56.0 Å². The average Bonchev–Trinajstić information content (AvgIpc) is 3.08. The first kappa shape index (κ1) is 17.7. The predicted molar refractivity (Wildman–Crippen MR) is 98.5 cm³/mol. The first-order valence-corrected chi connectivity index (χ1v) is 9.14. The van der Waals surface area contributed by atoms with Crippen LogP contribution in [0.1, 0.15) is 40.2 Å². The van der Waals surface area contributed by atoms with Gasteiger partial charge in [-0.1, -0.05) is 17.7 Å². The van der Waals surface area contributed by atoms with Crippen LogP contribution in [-0.2, 0) is 24.2 Å². The number of hydrogen-bond donors (Lipinski definition) is 0. The number of benzene rings is 1. The number of carbonyl (C=O) groups excluding carboxylic acids is 1. The third kappa shape index (κ3) is 3.71. The molecule has 0 aliphatic heterocycles. The maximum atomic E-state index is 13.2. The zero-order chi connectivity index (χ0) is 18.8. The molecule has 0 amide bonds. The molecule has 1 aliphatic carbocycles. The minimum Gasteiger partial charge on any atom is -0.456 e. The molecule has 0 bridgehead atoms. The van der Waals surface area contributed by atoms with Gasteiger partial charge in [0, 0.05) is 23.0 Å². The van der Waals surface area contributed by atoms with Gasteiger partial charge in [-0.3, -0.25) is 0 Å². The van der Waals surface area contributed by atoms with E-state index in [1.54, 1.807) is 35.1 Å². The van der Waals surface area contributed by atoms with Crippen LogP contribution in [0.4, 0.5) is 4.39 Å². The Labute approximate surface area is 160 Å². The van der Waals surface area contributed by atoms with Crippen LogP contribution >= 0.6 is 11.6 Å². The fourth-order valence-corrected chi connectivity index (χ4v) is 3.38. The molecule has 27 heavy (non-hydrogen) atoms. The molecule has 0 saturated heterocycles. The molecule has 0 atom stereocenters. The van der Waals surface area contributed by atoms with Crippen LogP contribution in [0.3, 0.4) is 0 Å². The van der Waals surface area contributed by atoms with E-state index in [1.807, 2.05) is 0 Å². The molecule has 138 valence electrons. The van der Waals surface area contributed by atoms with Gasteiger partial charge in [0.15, 0.2) is 5.69 Å². The number of rotatable bonds is 4. The molecular weight excluding hydrogens is 369 g/mol. The second kappa shape index (κ2) is 7.48. The SMILES string of the molecule is O=C(OCc1ccc(Cl)nc1)c1nn(-c2ccc(F)cc2)c2c1CCCC2. The molecule has 4 rings (SSSR count). The lowest BCUT2D eigenvalue weighted by atomic mass is 9.95. The lowest BCUT2D eigenvalue weighted by Crippen LogP contribution is -2.10. The molecule has 1 aromatic carbocycles. The van der Waals surface area contributed by atoms with Crippen LogP contribution in [0.5, 0.6) is 0 Å². The third-order valence-electron chi connectivity index (χ3n) is 4.60. The topological polar surface area (TPSA) is 57.0 Å². The number of halogens is 2. The van der Waals surface area contributed by atoms with Gasteiger partial charge in [0.05, 0.1) is 5.69 Å². The molecule has 0 N–H and O–H groups in total. The molecule has 2 heterocycles. The van der Waals surface area contributed by atoms with Crippen molar-refractivity contribution in [3.8, 4) is 5.69 Å². The van der Waals surface area contributed by atoms with Crippen molar-refractivity contribution in [3.05, 3.63) is 76.1 Å². The first-order chi connectivity index (χ1) is 13.1. The van der Waals surface area contributed by atoms with Crippen molar-refractivity contribution in [2.24, 2.45) is 0 Å². The normalized spacial score (nSPS) is 13.3. The summed E-state index contributed by atoms with van der Waals surface area (Å²) in [6.07, 6.45) is 5.22. The fourth-order valence-electron chi connectivity index (χ4n) is 3.27. The van der Waals surface area contributed by atoms with Gasteiger partial charge >= 0.3 is 5.97 Å². The highest BCUT2D eigenvalue weighted by atomic mass is 35.5. The quantitative estimate of drug-likeness (QED) is 0.496. The van der Waals surface area contributed by atoms with Gasteiger partial charge in [0.2, 0.25) is 0 Å². The Morgan fingerprint density at radius 3 is 2.67 bits per heavy atom. The van der Waals surface area contributed by atoms with Crippen molar-refractivity contribution < 1.29 is 13.9 Å². The summed E-state index contributed by atoms with van der Waals surface area (Å²) in [4.78, 5) is 16.6. The molecule has 7 heteroatoms. The van der Waals surface area contributed by atoms with Gasteiger partial charge < -0.3 is 4.74 Å². The Bertz CT molecular complexity index is 968. The van der Waals surface area contributed by atoms with E-state index in [9.17, 15) is 9.18 Å². The van der Waals surface area contributed by atoms with E-state index < -0.39 is 5.97 Å². The number of fused-ring (bicyclic) bond motifs is 1. The summed E-state index contributed by atoms with van der Waals surface area (Å²) in [5.74, 6) is -0.778. The van der Waals surface area contributed by atoms with Crippen LogP contribution in [-0.4, -0.2) is 20.7 Å². The summed E-state index contributed by atoms with van der Waals surface area (Å²) in [5, 5.41) is 4.89. The number of hydrogen-bond acceptors (Lipinski definition) is 4. The first-order valence-electron chi connectivity index (χ1n) is 8.76. The van der Waals surface area contributed by atoms with E-state index in [0.29, 0.717) is 10.8 Å². The minimum atomic E-state index is -0.469. The smallest absolute Gasteiger partial charge is 0.359 e. The Balaban J connectivity index is 1.61. The number of carbonyl (C=O) groups is 1. The third-order valence-corrected chi connectivity index (χ3v) is 4.83. The molecule has 3 aromatic rings. The molecule has 0 unspecified atom stereocenters. The zero-order valence-corrected chi connectivity index (χ0v) is 15.2. The Morgan fingerprint density at radius 1 is 1.15 bits per heavy atom. The highest BCUT2D eigenvalue weighted by Gasteiger charge is 2.26. The Kier molecular flexibility index (Phi) is 4.90. The van der Waals surface area contributed by atoms with Crippen molar-refractivity contribution in [1.29, 1.82) is 0 Å². The maximum Gasteiger partial charge on any atom is 0.359 e. The standard InChI is InChI=1S/C20H17ClFN3O2/c21-18-10-5-13(11-23-18)12-27-20(26)19-16-3-1-2-4-17(16)25(24-19)15-8-6-14(22)7-9-15/h5-11H,1-4,12H2. The van der Waals surface area contributed by atoms with E-state index in [2.05, 4.69) is 10.1 Å². The molecule has 5 nitrogen and oxygen atoms in total. The summed E-state index contributed by atoms with van der Waals surface area (Å²) < 4.78 is 20.4.